The highest BCUT2D eigenvalue weighted by atomic mass is 19.3. The van der Waals surface area contributed by atoms with Crippen LogP contribution in [0.2, 0.25) is 0 Å². The van der Waals surface area contributed by atoms with Crippen molar-refractivity contribution in [1.29, 1.82) is 0 Å². The quantitative estimate of drug-likeness (QED) is 0.768. The van der Waals surface area contributed by atoms with Gasteiger partial charge in [-0.05, 0) is 31.5 Å². The molecule has 4 nitrogen and oxygen atoms in total. The van der Waals surface area contributed by atoms with Crippen LogP contribution in [0.15, 0.2) is 24.3 Å². The molecule has 0 amide bonds. The molecule has 1 fully saturated rings. The molecule has 0 aromatic heterocycles. The minimum atomic E-state index is -2.78. The second kappa shape index (κ2) is 8.57. The zero-order valence-corrected chi connectivity index (χ0v) is 14.0. The first kappa shape index (κ1) is 18.1. The topological polar surface area (TPSA) is 24.9 Å². The summed E-state index contributed by atoms with van der Waals surface area (Å²) in [4.78, 5) is 4.86. The van der Waals surface area contributed by atoms with Gasteiger partial charge < -0.3 is 9.47 Å². The van der Waals surface area contributed by atoms with E-state index in [1.54, 1.807) is 19.2 Å². The van der Waals surface area contributed by atoms with E-state index in [2.05, 4.69) is 28.4 Å². The van der Waals surface area contributed by atoms with Crippen molar-refractivity contribution < 1.29 is 18.3 Å². The van der Waals surface area contributed by atoms with Gasteiger partial charge in [0.15, 0.2) is 0 Å². The number of rotatable bonds is 7. The maximum atomic E-state index is 12.2. The Bertz CT molecular complexity index is 470. The molecule has 1 aliphatic heterocycles. The summed E-state index contributed by atoms with van der Waals surface area (Å²) in [5.74, 6) is 0.203. The highest BCUT2D eigenvalue weighted by Gasteiger charge is 2.26. The van der Waals surface area contributed by atoms with E-state index in [4.69, 9.17) is 4.74 Å². The van der Waals surface area contributed by atoms with E-state index in [1.807, 2.05) is 12.1 Å². The minimum Gasteiger partial charge on any atom is -0.435 e. The van der Waals surface area contributed by atoms with Crippen LogP contribution in [0.3, 0.4) is 0 Å². The Labute approximate surface area is 137 Å². The number of halogens is 2. The van der Waals surface area contributed by atoms with Crippen molar-refractivity contribution in [2.24, 2.45) is 0 Å². The molecule has 6 heteroatoms. The van der Waals surface area contributed by atoms with Crippen molar-refractivity contribution >= 4 is 0 Å². The van der Waals surface area contributed by atoms with E-state index in [-0.39, 0.29) is 11.8 Å². The summed E-state index contributed by atoms with van der Waals surface area (Å²) in [5.41, 5.74) is 1.11. The van der Waals surface area contributed by atoms with Gasteiger partial charge in [0.1, 0.15) is 5.75 Å². The van der Waals surface area contributed by atoms with Gasteiger partial charge in [0.2, 0.25) is 0 Å². The number of hydrogen-bond acceptors (Lipinski definition) is 4. The lowest BCUT2D eigenvalue weighted by atomic mass is 10.0. The second-order valence-corrected chi connectivity index (χ2v) is 6.00. The number of ether oxygens (including phenoxy) is 2. The molecule has 0 saturated carbocycles. The number of methoxy groups -OCH3 is 1. The van der Waals surface area contributed by atoms with Crippen LogP contribution < -0.4 is 4.74 Å². The Morgan fingerprint density at radius 2 is 1.91 bits per heavy atom. The predicted molar refractivity (Wildman–Crippen MR) is 86.0 cm³/mol. The Hall–Kier alpha value is -1.24. The van der Waals surface area contributed by atoms with Gasteiger partial charge in [-0.25, -0.2) is 0 Å². The molecule has 23 heavy (non-hydrogen) atoms. The average molecular weight is 328 g/mol. The third kappa shape index (κ3) is 5.12. The van der Waals surface area contributed by atoms with Crippen molar-refractivity contribution in [3.05, 3.63) is 29.8 Å². The average Bonchev–Trinajstić information content (AvgIpc) is 2.53. The lowest BCUT2D eigenvalue weighted by Gasteiger charge is -2.42. The van der Waals surface area contributed by atoms with Crippen molar-refractivity contribution in [2.45, 2.75) is 32.5 Å². The Morgan fingerprint density at radius 1 is 1.22 bits per heavy atom. The third-order valence-electron chi connectivity index (χ3n) is 4.51. The molecule has 1 aromatic rings. The molecule has 2 rings (SSSR count). The van der Waals surface area contributed by atoms with Gasteiger partial charge in [-0.15, -0.1) is 0 Å². The molecular weight excluding hydrogens is 302 g/mol. The molecule has 2 unspecified atom stereocenters. The minimum absolute atomic E-state index is 0.203. The van der Waals surface area contributed by atoms with E-state index in [0.29, 0.717) is 6.04 Å². The largest absolute Gasteiger partial charge is 0.435 e. The highest BCUT2D eigenvalue weighted by molar-refractivity contribution is 5.29. The zero-order chi connectivity index (χ0) is 16.8. The van der Waals surface area contributed by atoms with E-state index in [1.165, 1.54) is 0 Å². The van der Waals surface area contributed by atoms with Crippen LogP contribution in [-0.4, -0.2) is 62.3 Å². The van der Waals surface area contributed by atoms with Crippen molar-refractivity contribution in [1.82, 2.24) is 9.80 Å². The molecule has 0 spiro atoms. The van der Waals surface area contributed by atoms with Crippen LogP contribution in [0.25, 0.3) is 0 Å². The SMILES string of the molecule is COCCN1CCN(C(C)c2ccc(OC(F)F)cc2)CC1C. The lowest BCUT2D eigenvalue weighted by Crippen LogP contribution is -2.53. The maximum Gasteiger partial charge on any atom is 0.387 e. The number of nitrogens with zero attached hydrogens (tertiary/aromatic N) is 2. The standard InChI is InChI=1S/C17H26F2N2O2/c1-13-12-21(9-8-20(13)10-11-22-3)14(2)15-4-6-16(7-5-15)23-17(18)19/h4-7,13-14,17H,8-12H2,1-3H3. The van der Waals surface area contributed by atoms with Crippen LogP contribution in [0, 0.1) is 0 Å². The summed E-state index contributed by atoms with van der Waals surface area (Å²) >= 11 is 0. The molecular formula is C17H26F2N2O2. The van der Waals surface area contributed by atoms with E-state index >= 15 is 0 Å². The summed E-state index contributed by atoms with van der Waals surface area (Å²) in [7, 11) is 1.73. The number of piperazine rings is 1. The summed E-state index contributed by atoms with van der Waals surface area (Å²) < 4.78 is 33.9. The summed E-state index contributed by atoms with van der Waals surface area (Å²) in [5, 5.41) is 0. The van der Waals surface area contributed by atoms with E-state index in [0.717, 1.165) is 38.3 Å². The van der Waals surface area contributed by atoms with Crippen LogP contribution in [-0.2, 0) is 4.74 Å². The van der Waals surface area contributed by atoms with Crippen molar-refractivity contribution in [3.8, 4) is 5.75 Å². The molecule has 0 aliphatic carbocycles. The Kier molecular flexibility index (Phi) is 6.74. The van der Waals surface area contributed by atoms with Gasteiger partial charge in [0.05, 0.1) is 6.61 Å². The molecule has 130 valence electrons. The smallest absolute Gasteiger partial charge is 0.387 e. The fourth-order valence-electron chi connectivity index (χ4n) is 3.05. The Morgan fingerprint density at radius 3 is 2.48 bits per heavy atom. The molecule has 0 N–H and O–H groups in total. The molecule has 0 bridgehead atoms. The van der Waals surface area contributed by atoms with Crippen LogP contribution in [0.1, 0.15) is 25.5 Å². The fraction of sp³-hybridized carbons (Fsp3) is 0.647. The van der Waals surface area contributed by atoms with Gasteiger partial charge in [-0.1, -0.05) is 12.1 Å². The second-order valence-electron chi connectivity index (χ2n) is 6.00. The lowest BCUT2D eigenvalue weighted by molar-refractivity contribution is -0.0498. The number of hydrogen-bond donors (Lipinski definition) is 0. The number of alkyl halides is 2. The van der Waals surface area contributed by atoms with Gasteiger partial charge in [0, 0.05) is 45.4 Å². The van der Waals surface area contributed by atoms with Gasteiger partial charge in [0.25, 0.3) is 0 Å². The predicted octanol–water partition coefficient (Wildman–Crippen LogP) is 3.00. The van der Waals surface area contributed by atoms with Gasteiger partial charge >= 0.3 is 6.61 Å². The normalized spacial score (nSPS) is 21.6. The first-order valence-corrected chi connectivity index (χ1v) is 8.03. The highest BCUT2D eigenvalue weighted by Crippen LogP contribution is 2.25. The van der Waals surface area contributed by atoms with Crippen molar-refractivity contribution in [2.75, 3.05) is 39.9 Å². The molecule has 1 heterocycles. The third-order valence-corrected chi connectivity index (χ3v) is 4.51. The van der Waals surface area contributed by atoms with Crippen LogP contribution in [0.4, 0.5) is 8.78 Å². The summed E-state index contributed by atoms with van der Waals surface area (Å²) in [6, 6.07) is 7.67. The zero-order valence-electron chi connectivity index (χ0n) is 14.0. The fourth-order valence-corrected chi connectivity index (χ4v) is 3.05. The van der Waals surface area contributed by atoms with Gasteiger partial charge in [-0.2, -0.15) is 8.78 Å². The molecule has 1 saturated heterocycles. The molecule has 1 aliphatic rings. The molecule has 2 atom stereocenters. The van der Waals surface area contributed by atoms with Crippen molar-refractivity contribution in [3.63, 3.8) is 0 Å². The Balaban J connectivity index is 1.92. The van der Waals surface area contributed by atoms with E-state index < -0.39 is 6.61 Å². The molecule has 0 radical (unpaired) electrons. The van der Waals surface area contributed by atoms with Gasteiger partial charge in [-0.3, -0.25) is 9.80 Å². The maximum absolute atomic E-state index is 12.2. The van der Waals surface area contributed by atoms with Crippen LogP contribution >= 0.6 is 0 Å². The van der Waals surface area contributed by atoms with E-state index in [9.17, 15) is 8.78 Å². The first-order valence-electron chi connectivity index (χ1n) is 8.03. The summed E-state index contributed by atoms with van der Waals surface area (Å²) in [6.45, 7) is 6.31. The first-order chi connectivity index (χ1) is 11.0. The van der Waals surface area contributed by atoms with Crippen LogP contribution in [0.5, 0.6) is 5.75 Å². The molecule has 1 aromatic carbocycles. The monoisotopic (exact) mass is 328 g/mol. The number of benzene rings is 1. The summed E-state index contributed by atoms with van der Waals surface area (Å²) in [6.07, 6.45) is 0.